The van der Waals surface area contributed by atoms with E-state index >= 15 is 0 Å². The number of carboxylic acid groups (broad SMARTS) is 1. The van der Waals surface area contributed by atoms with Crippen molar-refractivity contribution in [3.05, 3.63) is 0 Å². The van der Waals surface area contributed by atoms with Crippen molar-refractivity contribution in [1.82, 2.24) is 10.2 Å². The van der Waals surface area contributed by atoms with Crippen LogP contribution in [0.5, 0.6) is 0 Å². The molecule has 100 valence electrons. The number of carbonyl (C=O) groups excluding carboxylic acids is 1. The third kappa shape index (κ3) is 3.23. The van der Waals surface area contributed by atoms with Crippen LogP contribution in [0.15, 0.2) is 0 Å². The Labute approximate surface area is 108 Å². The van der Waals surface area contributed by atoms with Gasteiger partial charge in [0.1, 0.15) is 0 Å². The molecule has 0 aromatic carbocycles. The number of nitrogens with zero attached hydrogens (tertiary/aromatic N) is 1. The maximum absolute atomic E-state index is 11.8. The first-order valence-electron chi connectivity index (χ1n) is 6.21. The molecule has 1 amide bonds. The van der Waals surface area contributed by atoms with E-state index in [4.69, 9.17) is 6.42 Å². The van der Waals surface area contributed by atoms with Gasteiger partial charge in [-0.15, -0.1) is 6.42 Å². The second kappa shape index (κ2) is 6.41. The van der Waals surface area contributed by atoms with Crippen molar-refractivity contribution in [2.75, 3.05) is 26.2 Å². The monoisotopic (exact) mass is 252 g/mol. The SMILES string of the molecule is C#CCNCC(=O)N1CCC(CCC)(C(=O)O)C1. The minimum absolute atomic E-state index is 0.0792. The average Bonchev–Trinajstić information content (AvgIpc) is 2.75. The van der Waals surface area contributed by atoms with Crippen LogP contribution in [0.1, 0.15) is 26.2 Å². The predicted molar refractivity (Wildman–Crippen MR) is 67.9 cm³/mol. The fourth-order valence-electron chi connectivity index (χ4n) is 2.40. The lowest BCUT2D eigenvalue weighted by atomic mass is 9.83. The summed E-state index contributed by atoms with van der Waals surface area (Å²) in [7, 11) is 0. The van der Waals surface area contributed by atoms with E-state index in [2.05, 4.69) is 11.2 Å². The third-order valence-corrected chi connectivity index (χ3v) is 3.39. The summed E-state index contributed by atoms with van der Waals surface area (Å²) in [6, 6.07) is 0. The minimum Gasteiger partial charge on any atom is -0.481 e. The van der Waals surface area contributed by atoms with Gasteiger partial charge in [-0.25, -0.2) is 0 Å². The average molecular weight is 252 g/mol. The molecule has 1 fully saturated rings. The van der Waals surface area contributed by atoms with E-state index < -0.39 is 11.4 Å². The van der Waals surface area contributed by atoms with Crippen molar-refractivity contribution >= 4 is 11.9 Å². The number of terminal acetylenes is 1. The molecular formula is C13H20N2O3. The van der Waals surface area contributed by atoms with Gasteiger partial charge in [0.25, 0.3) is 0 Å². The molecule has 1 saturated heterocycles. The van der Waals surface area contributed by atoms with E-state index in [1.165, 1.54) is 0 Å². The maximum Gasteiger partial charge on any atom is 0.311 e. The van der Waals surface area contributed by atoms with Crippen LogP contribution in [0.4, 0.5) is 0 Å². The quantitative estimate of drug-likeness (QED) is 0.527. The van der Waals surface area contributed by atoms with Crippen molar-refractivity contribution in [1.29, 1.82) is 0 Å². The maximum atomic E-state index is 11.8. The zero-order valence-corrected chi connectivity index (χ0v) is 10.7. The second-order valence-electron chi connectivity index (χ2n) is 4.71. The first kappa shape index (κ1) is 14.5. The largest absolute Gasteiger partial charge is 0.481 e. The van der Waals surface area contributed by atoms with Gasteiger partial charge in [0.2, 0.25) is 5.91 Å². The summed E-state index contributed by atoms with van der Waals surface area (Å²) >= 11 is 0. The van der Waals surface area contributed by atoms with E-state index in [-0.39, 0.29) is 12.5 Å². The smallest absolute Gasteiger partial charge is 0.311 e. The summed E-state index contributed by atoms with van der Waals surface area (Å²) in [5.41, 5.74) is -0.753. The Morgan fingerprint density at radius 1 is 1.56 bits per heavy atom. The molecule has 0 aliphatic carbocycles. The molecule has 0 aromatic heterocycles. The first-order chi connectivity index (χ1) is 8.55. The van der Waals surface area contributed by atoms with Crippen molar-refractivity contribution in [2.45, 2.75) is 26.2 Å². The zero-order chi connectivity index (χ0) is 13.6. The van der Waals surface area contributed by atoms with Gasteiger partial charge in [0.05, 0.1) is 18.5 Å². The van der Waals surface area contributed by atoms with E-state index in [1.54, 1.807) is 4.90 Å². The lowest BCUT2D eigenvalue weighted by Crippen LogP contribution is -2.40. The molecule has 0 saturated carbocycles. The normalized spacial score (nSPS) is 22.8. The fraction of sp³-hybridized carbons (Fsp3) is 0.692. The van der Waals surface area contributed by atoms with Crippen molar-refractivity contribution in [2.24, 2.45) is 5.41 Å². The van der Waals surface area contributed by atoms with Gasteiger partial charge in [-0.1, -0.05) is 19.3 Å². The highest BCUT2D eigenvalue weighted by Crippen LogP contribution is 2.35. The molecular weight excluding hydrogens is 232 g/mol. The summed E-state index contributed by atoms with van der Waals surface area (Å²) in [5, 5.41) is 12.2. The fourth-order valence-corrected chi connectivity index (χ4v) is 2.40. The Morgan fingerprint density at radius 3 is 2.83 bits per heavy atom. The third-order valence-electron chi connectivity index (χ3n) is 3.39. The topological polar surface area (TPSA) is 69.6 Å². The zero-order valence-electron chi connectivity index (χ0n) is 10.7. The van der Waals surface area contributed by atoms with Gasteiger partial charge in [-0.05, 0) is 12.8 Å². The molecule has 0 bridgehead atoms. The molecule has 5 nitrogen and oxygen atoms in total. The van der Waals surface area contributed by atoms with Gasteiger partial charge < -0.3 is 10.0 Å². The van der Waals surface area contributed by atoms with Gasteiger partial charge in [-0.3, -0.25) is 14.9 Å². The van der Waals surface area contributed by atoms with Crippen molar-refractivity contribution in [3.8, 4) is 12.3 Å². The van der Waals surface area contributed by atoms with Crippen molar-refractivity contribution < 1.29 is 14.7 Å². The number of aliphatic carboxylic acids is 1. The molecule has 1 unspecified atom stereocenters. The molecule has 0 aromatic rings. The van der Waals surface area contributed by atoms with E-state index in [1.807, 2.05) is 6.92 Å². The Hall–Kier alpha value is -1.54. The Balaban J connectivity index is 2.55. The molecule has 0 radical (unpaired) electrons. The number of carbonyl (C=O) groups is 2. The van der Waals surface area contributed by atoms with E-state index in [0.717, 1.165) is 6.42 Å². The number of nitrogens with one attached hydrogen (secondary N) is 1. The summed E-state index contributed by atoms with van der Waals surface area (Å²) in [5.74, 6) is 1.52. The van der Waals surface area contributed by atoms with Crippen LogP contribution in [0.3, 0.4) is 0 Å². The summed E-state index contributed by atoms with van der Waals surface area (Å²) in [6.45, 7) is 3.31. The number of rotatable bonds is 6. The standard InChI is InChI=1S/C13H20N2O3/c1-3-5-13(12(17)18)6-8-15(10-13)11(16)9-14-7-4-2/h2,14H,3,5-10H2,1H3,(H,17,18). The number of likely N-dealkylation sites (tertiary alicyclic amines) is 1. The highest BCUT2D eigenvalue weighted by atomic mass is 16.4. The van der Waals surface area contributed by atoms with Crippen molar-refractivity contribution in [3.63, 3.8) is 0 Å². The molecule has 1 aliphatic heterocycles. The van der Waals surface area contributed by atoms with E-state index in [9.17, 15) is 14.7 Å². The molecule has 1 heterocycles. The number of amides is 1. The van der Waals surface area contributed by atoms with Gasteiger partial charge in [0.15, 0.2) is 0 Å². The van der Waals surface area contributed by atoms with Crippen LogP contribution in [-0.4, -0.2) is 48.1 Å². The molecule has 5 heteroatoms. The van der Waals surface area contributed by atoms with Crippen LogP contribution in [0.2, 0.25) is 0 Å². The lowest BCUT2D eigenvalue weighted by Gasteiger charge is -2.24. The molecule has 1 rings (SSSR count). The van der Waals surface area contributed by atoms with Crippen LogP contribution < -0.4 is 5.32 Å². The summed E-state index contributed by atoms with van der Waals surface area (Å²) in [6.07, 6.45) is 7.04. The van der Waals surface area contributed by atoms with Crippen LogP contribution in [-0.2, 0) is 9.59 Å². The number of carboxylic acids is 1. The number of hydrogen-bond donors (Lipinski definition) is 2. The number of hydrogen-bond acceptors (Lipinski definition) is 3. The summed E-state index contributed by atoms with van der Waals surface area (Å²) < 4.78 is 0. The Bertz CT molecular complexity index is 362. The Morgan fingerprint density at radius 2 is 2.28 bits per heavy atom. The second-order valence-corrected chi connectivity index (χ2v) is 4.71. The Kier molecular flexibility index (Phi) is 5.17. The minimum atomic E-state index is -0.795. The summed E-state index contributed by atoms with van der Waals surface area (Å²) in [4.78, 5) is 24.8. The molecule has 18 heavy (non-hydrogen) atoms. The van der Waals surface area contributed by atoms with Gasteiger partial charge in [-0.2, -0.15) is 0 Å². The molecule has 2 N–H and O–H groups in total. The van der Waals surface area contributed by atoms with E-state index in [0.29, 0.717) is 32.5 Å². The highest BCUT2D eigenvalue weighted by Gasteiger charge is 2.45. The van der Waals surface area contributed by atoms with Crippen LogP contribution in [0.25, 0.3) is 0 Å². The highest BCUT2D eigenvalue weighted by molar-refractivity contribution is 5.81. The van der Waals surface area contributed by atoms with Crippen LogP contribution >= 0.6 is 0 Å². The molecule has 1 aliphatic rings. The first-order valence-corrected chi connectivity index (χ1v) is 6.21. The molecule has 0 spiro atoms. The van der Waals surface area contributed by atoms with Crippen LogP contribution in [0, 0.1) is 17.8 Å². The molecule has 1 atom stereocenters. The predicted octanol–water partition coefficient (Wildman–Crippen LogP) is 0.313. The van der Waals surface area contributed by atoms with Gasteiger partial charge >= 0.3 is 5.97 Å². The lowest BCUT2D eigenvalue weighted by molar-refractivity contribution is -0.149. The van der Waals surface area contributed by atoms with Gasteiger partial charge in [0, 0.05) is 13.1 Å².